The zero-order valence-electron chi connectivity index (χ0n) is 12.2. The maximum absolute atomic E-state index is 12.8. The second-order valence-corrected chi connectivity index (χ2v) is 5.42. The van der Waals surface area contributed by atoms with Gasteiger partial charge in [-0.3, -0.25) is 9.59 Å². The van der Waals surface area contributed by atoms with Crippen LogP contribution < -0.4 is 10.9 Å². The van der Waals surface area contributed by atoms with Crippen LogP contribution in [0.15, 0.2) is 23.1 Å². The molecule has 0 aromatic carbocycles. The van der Waals surface area contributed by atoms with Crippen LogP contribution in [0.5, 0.6) is 0 Å². The molecule has 0 saturated heterocycles. The molecular weight excluding hydrogens is 285 g/mol. The lowest BCUT2D eigenvalue weighted by molar-refractivity contribution is 0.0950. The molecule has 0 unspecified atom stereocenters. The van der Waals surface area contributed by atoms with Gasteiger partial charge >= 0.3 is 0 Å². The van der Waals surface area contributed by atoms with Gasteiger partial charge in [-0.15, -0.1) is 0 Å². The van der Waals surface area contributed by atoms with Gasteiger partial charge < -0.3 is 10.3 Å². The summed E-state index contributed by atoms with van der Waals surface area (Å²) in [4.78, 5) is 30.4. The average molecular weight is 301 g/mol. The highest BCUT2D eigenvalue weighted by Gasteiger charge is 2.20. The van der Waals surface area contributed by atoms with Crippen molar-refractivity contribution in [2.24, 2.45) is 0 Å². The van der Waals surface area contributed by atoms with Crippen molar-refractivity contribution in [3.63, 3.8) is 0 Å². The van der Waals surface area contributed by atoms with E-state index in [-0.39, 0.29) is 23.6 Å². The fraction of sp³-hybridized carbons (Fsp3) is 0.312. The fourth-order valence-electron chi connectivity index (χ4n) is 2.92. The fourth-order valence-corrected chi connectivity index (χ4v) is 2.92. The van der Waals surface area contributed by atoms with Crippen LogP contribution in [0.4, 0.5) is 4.39 Å². The van der Waals surface area contributed by atoms with Crippen LogP contribution >= 0.6 is 0 Å². The van der Waals surface area contributed by atoms with E-state index in [1.807, 2.05) is 6.92 Å². The molecule has 2 N–H and O–H groups in total. The monoisotopic (exact) mass is 301 g/mol. The Balaban J connectivity index is 1.80. The Hall–Kier alpha value is -2.50. The third-order valence-corrected chi connectivity index (χ3v) is 4.03. The van der Waals surface area contributed by atoms with Crippen LogP contribution in [0.2, 0.25) is 0 Å². The summed E-state index contributed by atoms with van der Waals surface area (Å²) in [5, 5.41) is 2.70. The summed E-state index contributed by atoms with van der Waals surface area (Å²) in [6.07, 6.45) is 4.02. The molecule has 0 aliphatic heterocycles. The Morgan fingerprint density at radius 2 is 2.14 bits per heavy atom. The van der Waals surface area contributed by atoms with Gasteiger partial charge in [-0.25, -0.2) is 4.98 Å². The first kappa shape index (κ1) is 14.4. The van der Waals surface area contributed by atoms with Crippen molar-refractivity contribution in [3.8, 4) is 0 Å². The van der Waals surface area contributed by atoms with E-state index in [1.54, 1.807) is 0 Å². The van der Waals surface area contributed by atoms with Crippen molar-refractivity contribution in [2.75, 3.05) is 0 Å². The lowest BCUT2D eigenvalue weighted by Gasteiger charge is -2.11. The van der Waals surface area contributed by atoms with Crippen LogP contribution in [-0.2, 0) is 19.4 Å². The molecule has 1 amide bonds. The molecule has 6 heteroatoms. The van der Waals surface area contributed by atoms with Crippen molar-refractivity contribution in [2.45, 2.75) is 32.7 Å². The molecule has 5 nitrogen and oxygen atoms in total. The maximum Gasteiger partial charge on any atom is 0.253 e. The molecule has 0 bridgehead atoms. The van der Waals surface area contributed by atoms with Gasteiger partial charge in [0.25, 0.3) is 11.5 Å². The number of H-pyrrole nitrogens is 1. The minimum atomic E-state index is -0.635. The highest BCUT2D eigenvalue weighted by atomic mass is 19.1. The second kappa shape index (κ2) is 5.71. The van der Waals surface area contributed by atoms with Gasteiger partial charge in [0.05, 0.1) is 5.56 Å². The number of aryl methyl sites for hydroxylation is 1. The summed E-state index contributed by atoms with van der Waals surface area (Å²) in [7, 11) is 0. The van der Waals surface area contributed by atoms with Gasteiger partial charge in [0.1, 0.15) is 0 Å². The number of pyridine rings is 2. The number of rotatable bonds is 3. The van der Waals surface area contributed by atoms with Crippen molar-refractivity contribution < 1.29 is 9.18 Å². The largest absolute Gasteiger partial charge is 0.348 e. The molecular formula is C16H16FN3O2. The molecule has 114 valence electrons. The van der Waals surface area contributed by atoms with Gasteiger partial charge in [0, 0.05) is 24.0 Å². The molecule has 2 aromatic rings. The van der Waals surface area contributed by atoms with E-state index in [2.05, 4.69) is 15.3 Å². The number of hydrogen-bond acceptors (Lipinski definition) is 3. The number of fused-ring (bicyclic) bond motifs is 1. The maximum atomic E-state index is 12.8. The first-order valence-electron chi connectivity index (χ1n) is 7.19. The van der Waals surface area contributed by atoms with Gasteiger partial charge in [-0.05, 0) is 49.4 Å². The van der Waals surface area contributed by atoms with Crippen LogP contribution in [0.25, 0.3) is 0 Å². The normalized spacial score (nSPS) is 13.0. The molecule has 1 aliphatic carbocycles. The Kier molecular flexibility index (Phi) is 3.75. The summed E-state index contributed by atoms with van der Waals surface area (Å²) in [6.45, 7) is 2.06. The number of carbonyl (C=O) groups is 1. The molecule has 0 saturated carbocycles. The lowest BCUT2D eigenvalue weighted by atomic mass is 10.0. The molecule has 0 atom stereocenters. The van der Waals surface area contributed by atoms with E-state index >= 15 is 0 Å². The van der Waals surface area contributed by atoms with E-state index in [9.17, 15) is 14.0 Å². The number of hydrogen-bond donors (Lipinski definition) is 2. The van der Waals surface area contributed by atoms with Gasteiger partial charge in [-0.2, -0.15) is 4.39 Å². The minimum absolute atomic E-state index is 0.157. The number of nitrogens with one attached hydrogen (secondary N) is 2. The van der Waals surface area contributed by atoms with Crippen LogP contribution in [0.1, 0.15) is 39.2 Å². The molecule has 3 rings (SSSR count). The summed E-state index contributed by atoms with van der Waals surface area (Å²) in [5.74, 6) is -1.01. The zero-order chi connectivity index (χ0) is 15.7. The highest BCUT2D eigenvalue weighted by Crippen LogP contribution is 2.25. The van der Waals surface area contributed by atoms with E-state index in [0.717, 1.165) is 36.6 Å². The van der Waals surface area contributed by atoms with Crippen LogP contribution in [0.3, 0.4) is 0 Å². The van der Waals surface area contributed by atoms with Crippen molar-refractivity contribution in [1.82, 2.24) is 15.3 Å². The smallest absolute Gasteiger partial charge is 0.253 e. The lowest BCUT2D eigenvalue weighted by Crippen LogP contribution is -2.28. The molecule has 1 aliphatic rings. The molecule has 22 heavy (non-hydrogen) atoms. The summed E-state index contributed by atoms with van der Waals surface area (Å²) >= 11 is 0. The van der Waals surface area contributed by atoms with Crippen molar-refractivity contribution in [1.29, 1.82) is 0 Å². The predicted octanol–water partition coefficient (Wildman–Crippen LogP) is 1.64. The third-order valence-electron chi connectivity index (χ3n) is 4.03. The SMILES string of the molecule is Cc1[nH]c(=O)c(CNC(=O)c2ccc(F)nc2)c2c1CCC2. The number of nitrogens with zero attached hydrogens (tertiary/aromatic N) is 1. The van der Waals surface area contributed by atoms with E-state index in [1.165, 1.54) is 17.8 Å². The molecule has 2 aromatic heterocycles. The molecule has 0 spiro atoms. The van der Waals surface area contributed by atoms with Gasteiger partial charge in [0.15, 0.2) is 0 Å². The highest BCUT2D eigenvalue weighted by molar-refractivity contribution is 5.93. The standard InChI is InChI=1S/C16H16FN3O2/c1-9-11-3-2-4-12(11)13(16(22)20-9)8-19-15(21)10-5-6-14(17)18-7-10/h5-7H,2-4,8H2,1H3,(H,19,21)(H,20,22). The Morgan fingerprint density at radius 3 is 2.86 bits per heavy atom. The predicted molar refractivity (Wildman–Crippen MR) is 79.2 cm³/mol. The van der Waals surface area contributed by atoms with Crippen LogP contribution in [-0.4, -0.2) is 15.9 Å². The number of halogens is 1. The second-order valence-electron chi connectivity index (χ2n) is 5.42. The molecule has 2 heterocycles. The summed E-state index contributed by atoms with van der Waals surface area (Å²) in [5.41, 5.74) is 3.88. The molecule has 0 fully saturated rings. The number of aromatic amines is 1. The average Bonchev–Trinajstić information content (AvgIpc) is 2.97. The topological polar surface area (TPSA) is 74.8 Å². The van der Waals surface area contributed by atoms with Crippen molar-refractivity contribution in [3.05, 3.63) is 62.6 Å². The summed E-state index contributed by atoms with van der Waals surface area (Å²) in [6, 6.07) is 2.49. The van der Waals surface area contributed by atoms with E-state index in [4.69, 9.17) is 0 Å². The number of amides is 1. The number of aromatic nitrogens is 2. The quantitative estimate of drug-likeness (QED) is 0.846. The number of carbonyl (C=O) groups excluding carboxylic acids is 1. The van der Waals surface area contributed by atoms with Crippen LogP contribution in [0, 0.1) is 12.9 Å². The third kappa shape index (κ3) is 2.64. The molecule has 0 radical (unpaired) electrons. The summed E-state index contributed by atoms with van der Waals surface area (Å²) < 4.78 is 12.8. The Bertz CT molecular complexity index is 781. The van der Waals surface area contributed by atoms with Gasteiger partial charge in [0.2, 0.25) is 5.95 Å². The zero-order valence-corrected chi connectivity index (χ0v) is 12.2. The first-order valence-corrected chi connectivity index (χ1v) is 7.19. The minimum Gasteiger partial charge on any atom is -0.348 e. The van der Waals surface area contributed by atoms with E-state index < -0.39 is 5.95 Å². The van der Waals surface area contributed by atoms with Gasteiger partial charge in [-0.1, -0.05) is 0 Å². The Morgan fingerprint density at radius 1 is 1.36 bits per heavy atom. The van der Waals surface area contributed by atoms with Crippen molar-refractivity contribution >= 4 is 5.91 Å². The first-order chi connectivity index (χ1) is 10.6. The Labute approximate surface area is 126 Å². The van der Waals surface area contributed by atoms with E-state index in [0.29, 0.717) is 5.56 Å².